The quantitative estimate of drug-likeness (QED) is 0.596. The van der Waals surface area contributed by atoms with Crippen molar-refractivity contribution in [3.05, 3.63) is 83.7 Å². The number of halogens is 1. The summed E-state index contributed by atoms with van der Waals surface area (Å²) >= 11 is 0. The summed E-state index contributed by atoms with van der Waals surface area (Å²) in [5.74, 6) is -1.21. The van der Waals surface area contributed by atoms with Gasteiger partial charge in [-0.3, -0.25) is 0 Å². The molecule has 0 amide bonds. The number of para-hydroxylation sites is 1. The molecule has 0 bridgehead atoms. The number of hydrogen-bond donors (Lipinski definition) is 1. The van der Waals surface area contributed by atoms with Gasteiger partial charge in [-0.2, -0.15) is 0 Å². The fourth-order valence-electron chi connectivity index (χ4n) is 3.22. The van der Waals surface area contributed by atoms with Crippen LogP contribution in [0.4, 0.5) is 4.39 Å². The maximum Gasteiger partial charge on any atom is 0.336 e. The van der Waals surface area contributed by atoms with Crippen molar-refractivity contribution in [2.45, 2.75) is 6.54 Å². The second-order valence-electron chi connectivity index (χ2n) is 5.73. The van der Waals surface area contributed by atoms with E-state index < -0.39 is 5.97 Å². The molecule has 1 heterocycles. The van der Waals surface area contributed by atoms with Gasteiger partial charge in [-0.25, -0.2) is 9.18 Å². The summed E-state index contributed by atoms with van der Waals surface area (Å²) in [6, 6.07) is 19.4. The highest BCUT2D eigenvalue weighted by Crippen LogP contribution is 2.32. The zero-order chi connectivity index (χ0) is 16.7. The summed E-state index contributed by atoms with van der Waals surface area (Å²) in [6.45, 7) is 0.549. The third-order valence-corrected chi connectivity index (χ3v) is 4.28. The molecule has 0 saturated carbocycles. The Kier molecular flexibility index (Phi) is 3.31. The Labute approximate surface area is 137 Å². The van der Waals surface area contributed by atoms with Crippen LogP contribution in [0.5, 0.6) is 0 Å². The molecule has 0 spiro atoms. The SMILES string of the molecule is O=C(O)c1cccc2c1c1ccccc1n2Cc1ccc(F)cc1. The van der Waals surface area contributed by atoms with E-state index in [0.29, 0.717) is 12.1 Å². The number of nitrogens with zero attached hydrogens (tertiary/aromatic N) is 1. The van der Waals surface area contributed by atoms with E-state index in [4.69, 9.17) is 0 Å². The molecule has 4 heteroatoms. The topological polar surface area (TPSA) is 42.2 Å². The average Bonchev–Trinajstić information content (AvgIpc) is 2.91. The van der Waals surface area contributed by atoms with Crippen molar-refractivity contribution < 1.29 is 14.3 Å². The first-order chi connectivity index (χ1) is 11.6. The van der Waals surface area contributed by atoms with Gasteiger partial charge in [-0.1, -0.05) is 36.4 Å². The molecule has 0 unspecified atom stereocenters. The molecule has 4 aromatic rings. The van der Waals surface area contributed by atoms with Gasteiger partial charge in [0.15, 0.2) is 0 Å². The highest BCUT2D eigenvalue weighted by Gasteiger charge is 2.16. The highest BCUT2D eigenvalue weighted by molar-refractivity contribution is 6.16. The number of carboxylic acids is 1. The van der Waals surface area contributed by atoms with Gasteiger partial charge in [0.2, 0.25) is 0 Å². The normalized spacial score (nSPS) is 11.2. The van der Waals surface area contributed by atoms with Crippen LogP contribution in [0.1, 0.15) is 15.9 Å². The minimum atomic E-state index is -0.940. The Bertz CT molecular complexity index is 1060. The molecule has 1 aromatic heterocycles. The predicted octanol–water partition coefficient (Wildman–Crippen LogP) is 4.68. The van der Waals surface area contributed by atoms with Crippen LogP contribution < -0.4 is 0 Å². The molecule has 3 aromatic carbocycles. The fourth-order valence-corrected chi connectivity index (χ4v) is 3.22. The first-order valence-corrected chi connectivity index (χ1v) is 7.63. The molecule has 1 N–H and O–H groups in total. The Balaban J connectivity index is 2.01. The lowest BCUT2D eigenvalue weighted by atomic mass is 10.1. The van der Waals surface area contributed by atoms with Gasteiger partial charge in [0.1, 0.15) is 5.82 Å². The van der Waals surface area contributed by atoms with Crippen LogP contribution in [0.2, 0.25) is 0 Å². The van der Waals surface area contributed by atoms with E-state index in [1.807, 2.05) is 30.3 Å². The average molecular weight is 319 g/mol. The van der Waals surface area contributed by atoms with Crippen molar-refractivity contribution >= 4 is 27.8 Å². The molecule has 0 aliphatic rings. The third-order valence-electron chi connectivity index (χ3n) is 4.28. The molecule has 0 aliphatic heterocycles. The Morgan fingerprint density at radius 3 is 2.38 bits per heavy atom. The lowest BCUT2D eigenvalue weighted by Gasteiger charge is -2.08. The van der Waals surface area contributed by atoms with Gasteiger partial charge in [-0.15, -0.1) is 0 Å². The zero-order valence-electron chi connectivity index (χ0n) is 12.7. The lowest BCUT2D eigenvalue weighted by Crippen LogP contribution is -2.00. The summed E-state index contributed by atoms with van der Waals surface area (Å²) in [5, 5.41) is 11.2. The Morgan fingerprint density at radius 1 is 0.917 bits per heavy atom. The lowest BCUT2D eigenvalue weighted by molar-refractivity contribution is 0.0699. The maximum atomic E-state index is 13.1. The third kappa shape index (κ3) is 2.24. The van der Waals surface area contributed by atoms with Gasteiger partial charge < -0.3 is 9.67 Å². The minimum absolute atomic E-state index is 0.269. The second-order valence-corrected chi connectivity index (χ2v) is 5.73. The van der Waals surface area contributed by atoms with Crippen molar-refractivity contribution in [3.8, 4) is 0 Å². The van der Waals surface area contributed by atoms with Crippen LogP contribution in [0.25, 0.3) is 21.8 Å². The molecular weight excluding hydrogens is 305 g/mol. The van der Waals surface area contributed by atoms with Crippen molar-refractivity contribution in [1.29, 1.82) is 0 Å². The summed E-state index contributed by atoms with van der Waals surface area (Å²) in [4.78, 5) is 11.6. The van der Waals surface area contributed by atoms with E-state index >= 15 is 0 Å². The van der Waals surface area contributed by atoms with E-state index in [1.54, 1.807) is 24.3 Å². The van der Waals surface area contributed by atoms with Gasteiger partial charge in [0.05, 0.1) is 11.1 Å². The van der Waals surface area contributed by atoms with E-state index in [9.17, 15) is 14.3 Å². The maximum absolute atomic E-state index is 13.1. The molecule has 4 rings (SSSR count). The van der Waals surface area contributed by atoms with E-state index in [1.165, 1.54) is 12.1 Å². The van der Waals surface area contributed by atoms with Crippen molar-refractivity contribution in [1.82, 2.24) is 4.57 Å². The molecule has 0 radical (unpaired) electrons. The van der Waals surface area contributed by atoms with Crippen molar-refractivity contribution in [2.24, 2.45) is 0 Å². The summed E-state index contributed by atoms with van der Waals surface area (Å²) in [5.41, 5.74) is 3.08. The van der Waals surface area contributed by atoms with Crippen LogP contribution in [-0.4, -0.2) is 15.6 Å². The van der Waals surface area contributed by atoms with Gasteiger partial charge in [-0.05, 0) is 35.9 Å². The molecule has 0 fully saturated rings. The highest BCUT2D eigenvalue weighted by atomic mass is 19.1. The largest absolute Gasteiger partial charge is 0.478 e. The molecule has 0 atom stereocenters. The first-order valence-electron chi connectivity index (χ1n) is 7.63. The Morgan fingerprint density at radius 2 is 1.62 bits per heavy atom. The number of fused-ring (bicyclic) bond motifs is 3. The van der Waals surface area contributed by atoms with Crippen LogP contribution in [0, 0.1) is 5.82 Å². The van der Waals surface area contributed by atoms with Crippen molar-refractivity contribution in [2.75, 3.05) is 0 Å². The van der Waals surface area contributed by atoms with E-state index in [-0.39, 0.29) is 5.82 Å². The molecule has 0 saturated heterocycles. The molecular formula is C20H14FNO2. The van der Waals surface area contributed by atoms with Crippen LogP contribution >= 0.6 is 0 Å². The van der Waals surface area contributed by atoms with Gasteiger partial charge >= 0.3 is 5.97 Å². The second kappa shape index (κ2) is 5.49. The standard InChI is InChI=1S/C20H14FNO2/c21-14-10-8-13(9-11-14)12-22-17-6-2-1-4-15(17)19-16(20(23)24)5-3-7-18(19)22/h1-11H,12H2,(H,23,24). The van der Waals surface area contributed by atoms with Gasteiger partial charge in [0.25, 0.3) is 0 Å². The number of benzene rings is 3. The number of aromatic nitrogens is 1. The van der Waals surface area contributed by atoms with Crippen molar-refractivity contribution in [3.63, 3.8) is 0 Å². The minimum Gasteiger partial charge on any atom is -0.478 e. The monoisotopic (exact) mass is 319 g/mol. The fraction of sp³-hybridized carbons (Fsp3) is 0.0500. The van der Waals surface area contributed by atoms with Crippen LogP contribution in [-0.2, 0) is 6.54 Å². The molecule has 118 valence electrons. The smallest absolute Gasteiger partial charge is 0.336 e. The molecule has 0 aliphatic carbocycles. The number of carbonyl (C=O) groups is 1. The number of rotatable bonds is 3. The summed E-state index contributed by atoms with van der Waals surface area (Å²) in [6.07, 6.45) is 0. The number of aromatic carboxylic acids is 1. The predicted molar refractivity (Wildman–Crippen MR) is 91.9 cm³/mol. The number of carboxylic acid groups (broad SMARTS) is 1. The van der Waals surface area contributed by atoms with Crippen LogP contribution in [0.3, 0.4) is 0 Å². The van der Waals surface area contributed by atoms with E-state index in [2.05, 4.69) is 4.57 Å². The van der Waals surface area contributed by atoms with Gasteiger partial charge in [0, 0.05) is 22.8 Å². The van der Waals surface area contributed by atoms with E-state index in [0.717, 1.165) is 27.4 Å². The zero-order valence-corrected chi connectivity index (χ0v) is 12.7. The molecule has 3 nitrogen and oxygen atoms in total. The number of hydrogen-bond acceptors (Lipinski definition) is 1. The Hall–Kier alpha value is -3.14. The summed E-state index contributed by atoms with van der Waals surface area (Å²) in [7, 11) is 0. The van der Waals surface area contributed by atoms with Crippen LogP contribution in [0.15, 0.2) is 66.7 Å². The molecule has 24 heavy (non-hydrogen) atoms. The summed E-state index contributed by atoms with van der Waals surface area (Å²) < 4.78 is 15.2. The first kappa shape index (κ1) is 14.5.